The van der Waals surface area contributed by atoms with Crippen molar-refractivity contribution in [1.82, 2.24) is 10.6 Å². The summed E-state index contributed by atoms with van der Waals surface area (Å²) in [7, 11) is 3.04. The topological polar surface area (TPSA) is 75.9 Å². The Morgan fingerprint density at radius 1 is 1.31 bits per heavy atom. The molecule has 0 fully saturated rings. The van der Waals surface area contributed by atoms with Crippen molar-refractivity contribution in [2.75, 3.05) is 20.7 Å². The number of furan rings is 1. The highest BCUT2D eigenvalue weighted by molar-refractivity contribution is 14.0. The van der Waals surface area contributed by atoms with E-state index >= 15 is 0 Å². The fourth-order valence-corrected chi connectivity index (χ4v) is 2.57. The average Bonchev–Trinajstić information content (AvgIpc) is 2.98. The third kappa shape index (κ3) is 6.53. The first-order chi connectivity index (χ1) is 12.0. The van der Waals surface area contributed by atoms with Gasteiger partial charge >= 0.3 is 5.97 Å². The van der Waals surface area contributed by atoms with Crippen LogP contribution in [0.1, 0.15) is 27.4 Å². The van der Waals surface area contributed by atoms with Gasteiger partial charge in [-0.05, 0) is 37.1 Å². The van der Waals surface area contributed by atoms with E-state index in [2.05, 4.69) is 15.6 Å². The predicted molar refractivity (Wildman–Crippen MR) is 114 cm³/mol. The molecule has 0 saturated carbocycles. The van der Waals surface area contributed by atoms with Gasteiger partial charge in [0, 0.05) is 18.6 Å². The van der Waals surface area contributed by atoms with E-state index in [1.807, 2.05) is 24.3 Å². The van der Waals surface area contributed by atoms with Gasteiger partial charge in [0.2, 0.25) is 0 Å². The van der Waals surface area contributed by atoms with Crippen LogP contribution in [-0.2, 0) is 17.7 Å². The Morgan fingerprint density at radius 2 is 2.08 bits per heavy atom. The Hall–Kier alpha value is -1.74. The van der Waals surface area contributed by atoms with Crippen molar-refractivity contribution < 1.29 is 13.9 Å². The Labute approximate surface area is 175 Å². The van der Waals surface area contributed by atoms with E-state index in [0.717, 1.165) is 17.0 Å². The number of nitrogens with zero attached hydrogens (tertiary/aromatic N) is 1. The number of benzene rings is 1. The normalized spacial score (nSPS) is 10.8. The fourth-order valence-electron chi connectivity index (χ4n) is 2.35. The van der Waals surface area contributed by atoms with Crippen molar-refractivity contribution in [3.05, 3.63) is 58.0 Å². The molecule has 2 rings (SSSR count). The number of aryl methyl sites for hydroxylation is 1. The summed E-state index contributed by atoms with van der Waals surface area (Å²) in [6.45, 7) is 2.85. The highest BCUT2D eigenvalue weighted by Crippen LogP contribution is 2.15. The number of nitrogens with one attached hydrogen (secondary N) is 2. The molecule has 0 aliphatic carbocycles. The maximum Gasteiger partial charge on any atom is 0.341 e. The summed E-state index contributed by atoms with van der Waals surface area (Å²) in [4.78, 5) is 15.8. The van der Waals surface area contributed by atoms with Gasteiger partial charge < -0.3 is 19.8 Å². The molecule has 2 aromatic rings. The third-order valence-electron chi connectivity index (χ3n) is 3.62. The zero-order valence-electron chi connectivity index (χ0n) is 15.0. The van der Waals surface area contributed by atoms with Crippen LogP contribution in [0.3, 0.4) is 0 Å². The molecule has 6 nitrogen and oxygen atoms in total. The molecular formula is C18H23ClIN3O3. The quantitative estimate of drug-likeness (QED) is 0.280. The maximum atomic E-state index is 11.6. The van der Waals surface area contributed by atoms with Crippen LogP contribution in [0.5, 0.6) is 0 Å². The Bertz CT molecular complexity index is 762. The van der Waals surface area contributed by atoms with Crippen LogP contribution in [0.25, 0.3) is 0 Å². The molecule has 26 heavy (non-hydrogen) atoms. The molecule has 142 valence electrons. The van der Waals surface area contributed by atoms with Crippen molar-refractivity contribution in [3.8, 4) is 0 Å². The molecule has 0 radical (unpaired) electrons. The number of hydrogen-bond donors (Lipinski definition) is 2. The molecule has 0 unspecified atom stereocenters. The number of esters is 1. The molecule has 1 heterocycles. The smallest absolute Gasteiger partial charge is 0.341 e. The van der Waals surface area contributed by atoms with E-state index in [0.29, 0.717) is 36.1 Å². The zero-order chi connectivity index (χ0) is 18.2. The van der Waals surface area contributed by atoms with Crippen molar-refractivity contribution in [2.45, 2.75) is 19.9 Å². The number of methoxy groups -OCH3 is 1. The Balaban J connectivity index is 0.00000338. The lowest BCUT2D eigenvalue weighted by molar-refractivity contribution is 0.0599. The molecule has 0 saturated heterocycles. The van der Waals surface area contributed by atoms with Gasteiger partial charge in [0.25, 0.3) is 0 Å². The lowest BCUT2D eigenvalue weighted by Crippen LogP contribution is -2.37. The zero-order valence-corrected chi connectivity index (χ0v) is 18.1. The second kappa shape index (κ2) is 11.1. The molecule has 2 N–H and O–H groups in total. The van der Waals surface area contributed by atoms with Crippen LogP contribution in [0, 0.1) is 6.92 Å². The van der Waals surface area contributed by atoms with E-state index in [-0.39, 0.29) is 24.0 Å². The summed E-state index contributed by atoms with van der Waals surface area (Å²) in [5, 5.41) is 7.10. The number of carbonyl (C=O) groups excluding carboxylic acids is 1. The molecule has 1 aromatic carbocycles. The minimum absolute atomic E-state index is 0. The van der Waals surface area contributed by atoms with E-state index in [9.17, 15) is 4.79 Å². The lowest BCUT2D eigenvalue weighted by atomic mass is 10.1. The van der Waals surface area contributed by atoms with E-state index in [1.165, 1.54) is 7.11 Å². The summed E-state index contributed by atoms with van der Waals surface area (Å²) < 4.78 is 10.3. The number of aliphatic imine (C=N–C) groups is 1. The summed E-state index contributed by atoms with van der Waals surface area (Å²) in [6, 6.07) is 9.44. The van der Waals surface area contributed by atoms with Crippen LogP contribution in [0.15, 0.2) is 39.7 Å². The van der Waals surface area contributed by atoms with Crippen LogP contribution in [0.4, 0.5) is 0 Å². The number of hydrogen-bond acceptors (Lipinski definition) is 4. The average molecular weight is 492 g/mol. The highest BCUT2D eigenvalue weighted by atomic mass is 127. The van der Waals surface area contributed by atoms with Crippen molar-refractivity contribution in [3.63, 3.8) is 0 Å². The molecule has 0 aliphatic heterocycles. The van der Waals surface area contributed by atoms with Crippen molar-refractivity contribution >= 4 is 47.5 Å². The number of guanidine groups is 1. The lowest BCUT2D eigenvalue weighted by Gasteiger charge is -2.11. The van der Waals surface area contributed by atoms with E-state index < -0.39 is 5.97 Å². The second-order valence-corrected chi connectivity index (χ2v) is 5.84. The number of rotatable bonds is 6. The van der Waals surface area contributed by atoms with Gasteiger partial charge in [0.15, 0.2) is 5.96 Å². The third-order valence-corrected chi connectivity index (χ3v) is 3.86. The van der Waals surface area contributed by atoms with Crippen molar-refractivity contribution in [2.24, 2.45) is 4.99 Å². The van der Waals surface area contributed by atoms with Crippen molar-refractivity contribution in [1.29, 1.82) is 0 Å². The first-order valence-electron chi connectivity index (χ1n) is 7.90. The van der Waals surface area contributed by atoms with Gasteiger partial charge in [-0.2, -0.15) is 0 Å². The van der Waals surface area contributed by atoms with Gasteiger partial charge in [-0.3, -0.25) is 4.99 Å². The van der Waals surface area contributed by atoms with Gasteiger partial charge in [-0.25, -0.2) is 4.79 Å². The standard InChI is InChI=1S/C18H22ClN3O3.HI/c1-12-16(17(23)24-3)10-15(25-12)11-22-18(20-2)21-8-7-13-5-4-6-14(19)9-13;/h4-6,9-10H,7-8,11H2,1-3H3,(H2,20,21,22);1H. The second-order valence-electron chi connectivity index (χ2n) is 5.41. The van der Waals surface area contributed by atoms with Gasteiger partial charge in [-0.15, -0.1) is 24.0 Å². The minimum Gasteiger partial charge on any atom is -0.465 e. The van der Waals surface area contributed by atoms with Crippen LogP contribution < -0.4 is 10.6 Å². The molecule has 8 heteroatoms. The first kappa shape index (κ1) is 22.3. The number of ether oxygens (including phenoxy) is 1. The molecule has 1 aromatic heterocycles. The van der Waals surface area contributed by atoms with Gasteiger partial charge in [0.05, 0.1) is 13.7 Å². The summed E-state index contributed by atoms with van der Waals surface area (Å²) in [6.07, 6.45) is 0.827. The van der Waals surface area contributed by atoms with Crippen LogP contribution in [-0.4, -0.2) is 32.6 Å². The number of carbonyl (C=O) groups is 1. The maximum absolute atomic E-state index is 11.6. The SMILES string of the molecule is CN=C(NCCc1cccc(Cl)c1)NCc1cc(C(=O)OC)c(C)o1.I. The van der Waals surface area contributed by atoms with E-state index in [4.69, 9.17) is 20.8 Å². The summed E-state index contributed by atoms with van der Waals surface area (Å²) in [5.74, 6) is 1.41. The largest absolute Gasteiger partial charge is 0.465 e. The Morgan fingerprint density at radius 3 is 2.73 bits per heavy atom. The molecule has 0 amide bonds. The van der Waals surface area contributed by atoms with Gasteiger partial charge in [0.1, 0.15) is 17.1 Å². The first-order valence-corrected chi connectivity index (χ1v) is 8.28. The summed E-state index contributed by atoms with van der Waals surface area (Å²) >= 11 is 5.98. The predicted octanol–water partition coefficient (Wildman–Crippen LogP) is 3.55. The highest BCUT2D eigenvalue weighted by Gasteiger charge is 2.15. The molecular weight excluding hydrogens is 469 g/mol. The molecule has 0 bridgehead atoms. The fraction of sp³-hybridized carbons (Fsp3) is 0.333. The van der Waals surface area contributed by atoms with E-state index in [1.54, 1.807) is 20.0 Å². The van der Waals surface area contributed by atoms with Gasteiger partial charge in [-0.1, -0.05) is 23.7 Å². The summed E-state index contributed by atoms with van der Waals surface area (Å²) in [5.41, 5.74) is 1.59. The minimum atomic E-state index is -0.406. The van der Waals surface area contributed by atoms with Crippen LogP contribution >= 0.6 is 35.6 Å². The Kier molecular flexibility index (Phi) is 9.50. The number of halogens is 2. The monoisotopic (exact) mass is 491 g/mol. The molecule has 0 aliphatic rings. The molecule has 0 spiro atoms. The van der Waals surface area contributed by atoms with Crippen LogP contribution in [0.2, 0.25) is 5.02 Å². The molecule has 0 atom stereocenters.